The maximum Gasteiger partial charge on any atom is 0.248 e. The van der Waals surface area contributed by atoms with Crippen molar-refractivity contribution in [3.05, 3.63) is 50.7 Å². The monoisotopic (exact) mass is 357 g/mol. The number of carbonyl (C=O) groups is 1. The number of aromatic nitrogens is 2. The molecule has 0 saturated heterocycles. The van der Waals surface area contributed by atoms with Crippen LogP contribution in [0.4, 0.5) is 5.69 Å². The first-order valence-electron chi connectivity index (χ1n) is 6.58. The van der Waals surface area contributed by atoms with E-state index in [9.17, 15) is 4.79 Å². The Labute approximate surface area is 143 Å². The second kappa shape index (κ2) is 7.18. The van der Waals surface area contributed by atoms with Gasteiger partial charge < -0.3 is 5.32 Å². The largest absolute Gasteiger partial charge is 0.321 e. The number of anilines is 1. The Bertz CT molecular complexity index is 738. The molecule has 1 N–H and O–H groups in total. The zero-order valence-electron chi connectivity index (χ0n) is 12.0. The first-order chi connectivity index (χ1) is 10.4. The van der Waals surface area contributed by atoms with Crippen LogP contribution in [0.15, 0.2) is 24.4 Å². The molecule has 0 fully saturated rings. The summed E-state index contributed by atoms with van der Waals surface area (Å²) < 4.78 is 1.85. The van der Waals surface area contributed by atoms with E-state index < -0.39 is 0 Å². The summed E-state index contributed by atoms with van der Waals surface area (Å²) in [5.41, 5.74) is 2.29. The smallest absolute Gasteiger partial charge is 0.248 e. The molecule has 0 spiro atoms. The fraction of sp³-hybridized carbons (Fsp3) is 0.200. The average Bonchev–Trinajstić information content (AvgIpc) is 2.83. The predicted molar refractivity (Wildman–Crippen MR) is 91.8 cm³/mol. The van der Waals surface area contributed by atoms with Gasteiger partial charge in [0.25, 0.3) is 0 Å². The fourth-order valence-corrected chi connectivity index (χ4v) is 2.50. The van der Waals surface area contributed by atoms with Crippen LogP contribution in [0, 0.1) is 6.92 Å². The number of hydrogen-bond donors (Lipinski definition) is 1. The van der Waals surface area contributed by atoms with Gasteiger partial charge in [0.05, 0.1) is 27.0 Å². The fourth-order valence-electron chi connectivity index (χ4n) is 1.90. The van der Waals surface area contributed by atoms with Gasteiger partial charge in [-0.2, -0.15) is 5.10 Å². The molecule has 0 aliphatic rings. The highest BCUT2D eigenvalue weighted by Crippen LogP contribution is 2.32. The van der Waals surface area contributed by atoms with Gasteiger partial charge in [-0.15, -0.1) is 0 Å². The van der Waals surface area contributed by atoms with Crippen molar-refractivity contribution in [1.29, 1.82) is 0 Å². The molecule has 0 aliphatic heterocycles. The summed E-state index contributed by atoms with van der Waals surface area (Å²) in [6, 6.07) is 3.00. The molecule has 0 radical (unpaired) electrons. The molecule has 2 aromatic rings. The second-order valence-electron chi connectivity index (χ2n) is 4.57. The number of carbonyl (C=O) groups excluding carboxylic acids is 1. The van der Waals surface area contributed by atoms with E-state index >= 15 is 0 Å². The van der Waals surface area contributed by atoms with Crippen LogP contribution in [0.25, 0.3) is 6.08 Å². The van der Waals surface area contributed by atoms with Gasteiger partial charge in [-0.3, -0.25) is 9.48 Å². The van der Waals surface area contributed by atoms with Crippen LogP contribution in [0.2, 0.25) is 15.1 Å². The quantitative estimate of drug-likeness (QED) is 0.629. The lowest BCUT2D eigenvalue weighted by Gasteiger charge is -2.06. The summed E-state index contributed by atoms with van der Waals surface area (Å²) in [7, 11) is 0. The molecule has 7 heteroatoms. The molecule has 1 aromatic carbocycles. The zero-order valence-corrected chi connectivity index (χ0v) is 14.3. The summed E-state index contributed by atoms with van der Waals surface area (Å²) in [5.74, 6) is -0.316. The standard InChI is InChI=1S/C15H14Cl3N3O/c1-3-21-9(2)10(8-19-21)4-5-15(22)20-14-7-12(17)11(16)6-13(14)18/h4-8H,3H2,1-2H3,(H,20,22)/b5-4-. The molecule has 0 bridgehead atoms. The normalized spacial score (nSPS) is 11.1. The molecular formula is C15H14Cl3N3O. The number of nitrogens with one attached hydrogen (secondary N) is 1. The molecule has 0 unspecified atom stereocenters. The Balaban J connectivity index is 2.11. The topological polar surface area (TPSA) is 46.9 Å². The number of aryl methyl sites for hydroxylation is 1. The molecule has 1 aromatic heterocycles. The van der Waals surface area contributed by atoms with E-state index in [4.69, 9.17) is 34.8 Å². The van der Waals surface area contributed by atoms with Crippen molar-refractivity contribution in [3.63, 3.8) is 0 Å². The van der Waals surface area contributed by atoms with Gasteiger partial charge in [0, 0.05) is 23.9 Å². The summed E-state index contributed by atoms with van der Waals surface area (Å²) in [5, 5.41) is 7.86. The van der Waals surface area contributed by atoms with Crippen LogP contribution in [-0.4, -0.2) is 15.7 Å². The molecule has 22 heavy (non-hydrogen) atoms. The highest BCUT2D eigenvalue weighted by atomic mass is 35.5. The van der Waals surface area contributed by atoms with Crippen molar-refractivity contribution in [2.75, 3.05) is 5.32 Å². The van der Waals surface area contributed by atoms with E-state index in [1.54, 1.807) is 12.3 Å². The third-order valence-electron chi connectivity index (χ3n) is 3.12. The van der Waals surface area contributed by atoms with Crippen molar-refractivity contribution in [3.8, 4) is 0 Å². The third-order valence-corrected chi connectivity index (χ3v) is 4.16. The number of rotatable bonds is 4. The number of nitrogens with zero attached hydrogens (tertiary/aromatic N) is 2. The van der Waals surface area contributed by atoms with Crippen LogP contribution in [0.3, 0.4) is 0 Å². The van der Waals surface area contributed by atoms with Gasteiger partial charge in [-0.1, -0.05) is 34.8 Å². The molecule has 2 rings (SSSR count). The molecular weight excluding hydrogens is 345 g/mol. The molecule has 116 valence electrons. The summed E-state index contributed by atoms with van der Waals surface area (Å²) >= 11 is 17.8. The maximum absolute atomic E-state index is 12.0. The van der Waals surface area contributed by atoms with Crippen molar-refractivity contribution in [2.24, 2.45) is 0 Å². The Morgan fingerprint density at radius 3 is 2.59 bits per heavy atom. The van der Waals surface area contributed by atoms with Crippen molar-refractivity contribution < 1.29 is 4.79 Å². The van der Waals surface area contributed by atoms with E-state index in [2.05, 4.69) is 10.4 Å². The van der Waals surface area contributed by atoms with Gasteiger partial charge in [0.15, 0.2) is 0 Å². The minimum absolute atomic E-state index is 0.316. The van der Waals surface area contributed by atoms with Crippen molar-refractivity contribution in [2.45, 2.75) is 20.4 Å². The SMILES string of the molecule is CCn1ncc(/C=C\C(=O)Nc2cc(Cl)c(Cl)cc2Cl)c1C. The lowest BCUT2D eigenvalue weighted by molar-refractivity contribution is -0.111. The first kappa shape index (κ1) is 16.9. The number of halogens is 3. The highest BCUT2D eigenvalue weighted by molar-refractivity contribution is 6.44. The Morgan fingerprint density at radius 1 is 1.27 bits per heavy atom. The Morgan fingerprint density at radius 2 is 1.95 bits per heavy atom. The van der Waals surface area contributed by atoms with E-state index in [1.165, 1.54) is 18.2 Å². The average molecular weight is 359 g/mol. The molecule has 1 amide bonds. The predicted octanol–water partition coefficient (Wildman–Crippen LogP) is 4.82. The van der Waals surface area contributed by atoms with E-state index in [-0.39, 0.29) is 5.91 Å². The molecule has 0 saturated carbocycles. The van der Waals surface area contributed by atoms with Gasteiger partial charge in [0.2, 0.25) is 5.91 Å². The van der Waals surface area contributed by atoms with Gasteiger partial charge in [-0.25, -0.2) is 0 Å². The Hall–Kier alpha value is -1.49. The summed E-state index contributed by atoms with van der Waals surface area (Å²) in [4.78, 5) is 12.0. The van der Waals surface area contributed by atoms with Crippen molar-refractivity contribution >= 4 is 52.5 Å². The van der Waals surface area contributed by atoms with Crippen LogP contribution in [0.5, 0.6) is 0 Å². The lowest BCUT2D eigenvalue weighted by Crippen LogP contribution is -2.08. The number of hydrogen-bond acceptors (Lipinski definition) is 2. The van der Waals surface area contributed by atoms with Gasteiger partial charge in [-0.05, 0) is 32.1 Å². The molecule has 0 atom stereocenters. The second-order valence-corrected chi connectivity index (χ2v) is 5.79. The van der Waals surface area contributed by atoms with Gasteiger partial charge in [0.1, 0.15) is 0 Å². The Kier molecular flexibility index (Phi) is 5.51. The van der Waals surface area contributed by atoms with E-state index in [0.717, 1.165) is 17.8 Å². The third kappa shape index (κ3) is 3.83. The van der Waals surface area contributed by atoms with Gasteiger partial charge >= 0.3 is 0 Å². The highest BCUT2D eigenvalue weighted by Gasteiger charge is 2.08. The minimum atomic E-state index is -0.316. The molecule has 0 aliphatic carbocycles. The summed E-state index contributed by atoms with van der Waals surface area (Å²) in [6.45, 7) is 4.74. The van der Waals surface area contributed by atoms with Crippen LogP contribution in [-0.2, 0) is 11.3 Å². The molecule has 1 heterocycles. The minimum Gasteiger partial charge on any atom is -0.321 e. The first-order valence-corrected chi connectivity index (χ1v) is 7.71. The number of amides is 1. The maximum atomic E-state index is 12.0. The van der Waals surface area contributed by atoms with Crippen molar-refractivity contribution in [1.82, 2.24) is 9.78 Å². The van der Waals surface area contributed by atoms with E-state index in [1.807, 2.05) is 18.5 Å². The number of benzene rings is 1. The van der Waals surface area contributed by atoms with Crippen LogP contribution < -0.4 is 5.32 Å². The summed E-state index contributed by atoms with van der Waals surface area (Å²) in [6.07, 6.45) is 4.84. The van der Waals surface area contributed by atoms with Crippen LogP contribution in [0.1, 0.15) is 18.2 Å². The van der Waals surface area contributed by atoms with Crippen LogP contribution >= 0.6 is 34.8 Å². The zero-order chi connectivity index (χ0) is 16.3. The van der Waals surface area contributed by atoms with E-state index in [0.29, 0.717) is 20.8 Å². The molecule has 4 nitrogen and oxygen atoms in total. The lowest BCUT2D eigenvalue weighted by atomic mass is 10.2.